The summed E-state index contributed by atoms with van der Waals surface area (Å²) in [5.74, 6) is -0.812. The molecule has 0 atom stereocenters. The molecule has 0 aliphatic rings. The molecule has 0 radical (unpaired) electrons. The van der Waals surface area contributed by atoms with Crippen molar-refractivity contribution in [3.05, 3.63) is 59.7 Å². The molecule has 146 valence electrons. The highest BCUT2D eigenvalue weighted by Crippen LogP contribution is 2.16. The van der Waals surface area contributed by atoms with Crippen molar-refractivity contribution in [1.29, 1.82) is 0 Å². The summed E-state index contributed by atoms with van der Waals surface area (Å²) < 4.78 is 51.7. The van der Waals surface area contributed by atoms with Crippen LogP contribution in [0.25, 0.3) is 0 Å². The summed E-state index contributed by atoms with van der Waals surface area (Å²) in [5, 5.41) is 0. The Morgan fingerprint density at radius 3 is 2.04 bits per heavy atom. The van der Waals surface area contributed by atoms with Gasteiger partial charge in [-0.15, -0.1) is 0 Å². The van der Waals surface area contributed by atoms with Gasteiger partial charge in [-0.05, 0) is 43.2 Å². The third-order valence-electron chi connectivity index (χ3n) is 3.82. The van der Waals surface area contributed by atoms with Gasteiger partial charge in [-0.25, -0.2) is 16.8 Å². The summed E-state index contributed by atoms with van der Waals surface area (Å²) in [6.07, 6.45) is 0.393. The Kier molecular flexibility index (Phi) is 7.02. The number of ether oxygens (including phenoxy) is 1. The number of carbonyl (C=O) groups is 1. The van der Waals surface area contributed by atoms with E-state index < -0.39 is 24.9 Å². The van der Waals surface area contributed by atoms with Crippen molar-refractivity contribution < 1.29 is 26.4 Å². The van der Waals surface area contributed by atoms with Gasteiger partial charge in [0.1, 0.15) is 6.61 Å². The van der Waals surface area contributed by atoms with Crippen LogP contribution in [0.2, 0.25) is 0 Å². The Morgan fingerprint density at radius 1 is 0.926 bits per heavy atom. The summed E-state index contributed by atoms with van der Waals surface area (Å²) in [6.45, 7) is 1.64. The predicted molar refractivity (Wildman–Crippen MR) is 102 cm³/mol. The minimum absolute atomic E-state index is 0.0168. The fourth-order valence-corrected chi connectivity index (χ4v) is 4.12. The van der Waals surface area contributed by atoms with E-state index in [1.807, 2.05) is 6.92 Å². The molecule has 0 N–H and O–H groups in total. The Balaban J connectivity index is 1.80. The number of halogens is 1. The van der Waals surface area contributed by atoms with E-state index in [0.717, 1.165) is 11.1 Å². The molecular weight excluding hydrogens is 412 g/mol. The van der Waals surface area contributed by atoms with Crippen molar-refractivity contribution in [2.75, 3.05) is 12.4 Å². The summed E-state index contributed by atoms with van der Waals surface area (Å²) in [6, 6.07) is 12.3. The fourth-order valence-electron chi connectivity index (χ4n) is 2.27. The SMILES string of the molecule is Cc1ccc(S(=O)(=O)CCOC(=O)CCc2ccc(S(=O)(=O)Cl)cc2)cc1. The Labute approximate surface area is 163 Å². The van der Waals surface area contributed by atoms with Gasteiger partial charge in [0, 0.05) is 17.1 Å². The zero-order valence-corrected chi connectivity index (χ0v) is 17.0. The second-order valence-electron chi connectivity index (χ2n) is 5.93. The highest BCUT2D eigenvalue weighted by atomic mass is 35.7. The number of aryl methyl sites for hydroxylation is 2. The molecule has 2 rings (SSSR count). The van der Waals surface area contributed by atoms with Gasteiger partial charge in [0.15, 0.2) is 9.84 Å². The molecule has 2 aromatic rings. The van der Waals surface area contributed by atoms with Crippen molar-refractivity contribution >= 4 is 35.5 Å². The van der Waals surface area contributed by atoms with Crippen LogP contribution in [0, 0.1) is 6.92 Å². The lowest BCUT2D eigenvalue weighted by Crippen LogP contribution is -2.16. The van der Waals surface area contributed by atoms with Gasteiger partial charge in [0.25, 0.3) is 9.05 Å². The largest absolute Gasteiger partial charge is 0.465 e. The van der Waals surface area contributed by atoms with Crippen LogP contribution < -0.4 is 0 Å². The molecular formula is C18H19ClO6S2. The van der Waals surface area contributed by atoms with Gasteiger partial charge in [0.2, 0.25) is 0 Å². The molecule has 0 unspecified atom stereocenters. The van der Waals surface area contributed by atoms with Crippen LogP contribution in [-0.4, -0.2) is 35.2 Å². The number of hydrogen-bond donors (Lipinski definition) is 0. The normalized spacial score (nSPS) is 11.9. The zero-order valence-electron chi connectivity index (χ0n) is 14.6. The second-order valence-corrected chi connectivity index (χ2v) is 10.6. The molecule has 0 amide bonds. The Bertz CT molecular complexity index is 995. The molecule has 0 bridgehead atoms. The molecule has 0 heterocycles. The molecule has 0 aliphatic heterocycles. The van der Waals surface area contributed by atoms with Gasteiger partial charge in [-0.2, -0.15) is 0 Å². The van der Waals surface area contributed by atoms with E-state index in [2.05, 4.69) is 0 Å². The van der Waals surface area contributed by atoms with Crippen molar-refractivity contribution in [2.45, 2.75) is 29.6 Å². The van der Waals surface area contributed by atoms with Gasteiger partial charge in [-0.3, -0.25) is 4.79 Å². The summed E-state index contributed by atoms with van der Waals surface area (Å²) in [4.78, 5) is 12.0. The fraction of sp³-hybridized carbons (Fsp3) is 0.278. The standard InChI is InChI=1S/C18H19ClO6S2/c1-14-2-7-16(8-3-14)26(21,22)13-12-25-18(20)11-6-15-4-9-17(10-5-15)27(19,23)24/h2-5,7-10H,6,11-13H2,1H3. The molecule has 0 saturated heterocycles. The van der Waals surface area contributed by atoms with Crippen molar-refractivity contribution in [3.63, 3.8) is 0 Å². The lowest BCUT2D eigenvalue weighted by molar-refractivity contribution is -0.142. The highest BCUT2D eigenvalue weighted by molar-refractivity contribution is 8.13. The lowest BCUT2D eigenvalue weighted by Gasteiger charge is -2.07. The molecule has 0 spiro atoms. The highest BCUT2D eigenvalue weighted by Gasteiger charge is 2.15. The van der Waals surface area contributed by atoms with Crippen LogP contribution in [0.1, 0.15) is 17.5 Å². The first-order valence-corrected chi connectivity index (χ1v) is 12.0. The number of rotatable bonds is 8. The number of hydrogen-bond acceptors (Lipinski definition) is 6. The average molecular weight is 431 g/mol. The number of esters is 1. The summed E-state index contributed by atoms with van der Waals surface area (Å²) >= 11 is 0. The van der Waals surface area contributed by atoms with Gasteiger partial charge in [0.05, 0.1) is 15.5 Å². The Hall–Kier alpha value is -1.90. The van der Waals surface area contributed by atoms with Crippen LogP contribution in [0.15, 0.2) is 58.3 Å². The smallest absolute Gasteiger partial charge is 0.306 e. The molecule has 27 heavy (non-hydrogen) atoms. The maximum absolute atomic E-state index is 12.2. The van der Waals surface area contributed by atoms with E-state index >= 15 is 0 Å². The van der Waals surface area contributed by atoms with Gasteiger partial charge >= 0.3 is 5.97 Å². The quantitative estimate of drug-likeness (QED) is 0.472. The zero-order chi connectivity index (χ0) is 20.1. The molecule has 6 nitrogen and oxygen atoms in total. The summed E-state index contributed by atoms with van der Waals surface area (Å²) in [5.41, 5.74) is 1.69. The van der Waals surface area contributed by atoms with E-state index in [9.17, 15) is 21.6 Å². The van der Waals surface area contributed by atoms with Crippen molar-refractivity contribution in [1.82, 2.24) is 0 Å². The topological polar surface area (TPSA) is 94.6 Å². The predicted octanol–water partition coefficient (Wildman–Crippen LogP) is 2.87. The lowest BCUT2D eigenvalue weighted by atomic mass is 10.1. The van der Waals surface area contributed by atoms with Crippen LogP contribution in [0.5, 0.6) is 0 Å². The maximum atomic E-state index is 12.2. The molecule has 0 saturated carbocycles. The number of sulfone groups is 1. The van der Waals surface area contributed by atoms with E-state index in [4.69, 9.17) is 15.4 Å². The van der Waals surface area contributed by atoms with Crippen LogP contribution in [0.4, 0.5) is 0 Å². The van der Waals surface area contributed by atoms with E-state index in [0.29, 0.717) is 6.42 Å². The van der Waals surface area contributed by atoms with E-state index in [1.165, 1.54) is 24.3 Å². The number of carbonyl (C=O) groups excluding carboxylic acids is 1. The van der Waals surface area contributed by atoms with Gasteiger partial charge < -0.3 is 4.74 Å². The Morgan fingerprint density at radius 2 is 1.48 bits per heavy atom. The average Bonchev–Trinajstić information content (AvgIpc) is 2.60. The second kappa shape index (κ2) is 8.86. The minimum Gasteiger partial charge on any atom is -0.465 e. The monoisotopic (exact) mass is 430 g/mol. The number of benzene rings is 2. The molecule has 0 aromatic heterocycles. The molecule has 9 heteroatoms. The third-order valence-corrected chi connectivity index (χ3v) is 6.88. The molecule has 0 fully saturated rings. The first-order chi connectivity index (χ1) is 12.6. The van der Waals surface area contributed by atoms with Crippen LogP contribution in [-0.2, 0) is 34.8 Å². The first kappa shape index (κ1) is 21.4. The van der Waals surface area contributed by atoms with Crippen molar-refractivity contribution in [3.8, 4) is 0 Å². The molecule has 2 aromatic carbocycles. The van der Waals surface area contributed by atoms with Gasteiger partial charge in [-0.1, -0.05) is 29.8 Å². The third kappa shape index (κ3) is 6.64. The first-order valence-electron chi connectivity index (χ1n) is 8.06. The minimum atomic E-state index is -3.78. The van der Waals surface area contributed by atoms with Crippen LogP contribution >= 0.6 is 10.7 Å². The molecule has 0 aliphatic carbocycles. The summed E-state index contributed by atoms with van der Waals surface area (Å²) in [7, 11) is -2.05. The maximum Gasteiger partial charge on any atom is 0.306 e. The van der Waals surface area contributed by atoms with E-state index in [-0.39, 0.29) is 28.6 Å². The van der Waals surface area contributed by atoms with Crippen LogP contribution in [0.3, 0.4) is 0 Å². The van der Waals surface area contributed by atoms with E-state index in [1.54, 1.807) is 24.3 Å². The van der Waals surface area contributed by atoms with Crippen molar-refractivity contribution in [2.24, 2.45) is 0 Å².